The van der Waals surface area contributed by atoms with Gasteiger partial charge in [0, 0.05) is 6.42 Å². The van der Waals surface area contributed by atoms with Crippen molar-refractivity contribution in [1.82, 2.24) is 0 Å². The minimum atomic E-state index is -0.579. The van der Waals surface area contributed by atoms with E-state index < -0.39 is 5.66 Å². The molecule has 2 heteroatoms. The van der Waals surface area contributed by atoms with Crippen LogP contribution in [0.4, 0.5) is 0 Å². The summed E-state index contributed by atoms with van der Waals surface area (Å²) in [7, 11) is 0. The molecule has 0 radical (unpaired) electrons. The molecule has 21 heavy (non-hydrogen) atoms. The molecule has 1 unspecified atom stereocenters. The number of allylic oxidation sites excluding steroid dienone is 4. The summed E-state index contributed by atoms with van der Waals surface area (Å²) in [6, 6.07) is 0. The van der Waals surface area contributed by atoms with Crippen molar-refractivity contribution in [2.75, 3.05) is 0 Å². The molecule has 0 amide bonds. The average Bonchev–Trinajstić information content (AvgIpc) is 2.41. The van der Waals surface area contributed by atoms with E-state index in [9.17, 15) is 0 Å². The van der Waals surface area contributed by atoms with Crippen LogP contribution in [0.15, 0.2) is 24.3 Å². The van der Waals surface area contributed by atoms with E-state index in [1.54, 1.807) is 0 Å². The van der Waals surface area contributed by atoms with E-state index in [0.717, 1.165) is 38.5 Å². The number of hydrogen-bond acceptors (Lipinski definition) is 2. The second-order valence-electron chi connectivity index (χ2n) is 6.16. The van der Waals surface area contributed by atoms with Crippen LogP contribution < -0.4 is 11.5 Å². The zero-order chi connectivity index (χ0) is 16.0. The molecule has 4 N–H and O–H groups in total. The number of hydrogen-bond donors (Lipinski definition) is 2. The van der Waals surface area contributed by atoms with Crippen LogP contribution in [-0.2, 0) is 0 Å². The first-order valence-corrected chi connectivity index (χ1v) is 8.33. The van der Waals surface area contributed by atoms with Gasteiger partial charge >= 0.3 is 0 Å². The third kappa shape index (κ3) is 13.7. The molecule has 0 aliphatic carbocycles. The zero-order valence-electron chi connectivity index (χ0n) is 14.0. The molecule has 120 valence electrons. The Morgan fingerprint density at radius 2 is 1.86 bits per heavy atom. The van der Waals surface area contributed by atoms with E-state index in [4.69, 9.17) is 17.9 Å². The molecule has 0 fully saturated rings. The summed E-state index contributed by atoms with van der Waals surface area (Å²) < 4.78 is 0. The standard InChI is InChI=1S/C19H34N2/c1-4-6-8-9-10-11-12-13-15-18(3)17-19(20,21)16-14-7-5-2/h2,9-10,12-13,18H,4,6-8,11,14-17,20-21H2,1,3H3/b10-9-,13-12-. The highest BCUT2D eigenvalue weighted by Gasteiger charge is 2.20. The summed E-state index contributed by atoms with van der Waals surface area (Å²) in [6.07, 6.45) is 23.3. The van der Waals surface area contributed by atoms with Gasteiger partial charge in [-0.1, -0.05) is 51.0 Å². The van der Waals surface area contributed by atoms with Crippen LogP contribution in [0.5, 0.6) is 0 Å². The second-order valence-corrected chi connectivity index (χ2v) is 6.16. The lowest BCUT2D eigenvalue weighted by Crippen LogP contribution is -2.50. The number of nitrogens with two attached hydrogens (primary N) is 2. The monoisotopic (exact) mass is 290 g/mol. The Bertz CT molecular complexity index is 334. The fourth-order valence-electron chi connectivity index (χ4n) is 2.39. The lowest BCUT2D eigenvalue weighted by atomic mass is 9.91. The average molecular weight is 290 g/mol. The number of unbranched alkanes of at least 4 members (excludes halogenated alkanes) is 3. The van der Waals surface area contributed by atoms with Crippen molar-refractivity contribution < 1.29 is 0 Å². The van der Waals surface area contributed by atoms with E-state index >= 15 is 0 Å². The first-order chi connectivity index (χ1) is 10.0. The highest BCUT2D eigenvalue weighted by atomic mass is 14.9. The van der Waals surface area contributed by atoms with Gasteiger partial charge in [-0.2, -0.15) is 0 Å². The molecule has 0 aromatic rings. The van der Waals surface area contributed by atoms with E-state index in [0.29, 0.717) is 5.92 Å². The zero-order valence-corrected chi connectivity index (χ0v) is 14.0. The van der Waals surface area contributed by atoms with Gasteiger partial charge in [0.05, 0.1) is 5.66 Å². The maximum atomic E-state index is 6.13. The highest BCUT2D eigenvalue weighted by Crippen LogP contribution is 2.18. The molecule has 0 rings (SSSR count). The highest BCUT2D eigenvalue weighted by molar-refractivity contribution is 4.94. The van der Waals surface area contributed by atoms with Crippen molar-refractivity contribution in [2.45, 2.75) is 77.3 Å². The van der Waals surface area contributed by atoms with Crippen LogP contribution >= 0.6 is 0 Å². The quantitative estimate of drug-likeness (QED) is 0.240. The maximum absolute atomic E-state index is 6.13. The van der Waals surface area contributed by atoms with Gasteiger partial charge in [0.1, 0.15) is 0 Å². The van der Waals surface area contributed by atoms with Crippen molar-refractivity contribution in [3.05, 3.63) is 24.3 Å². The largest absolute Gasteiger partial charge is 0.313 e. The molecule has 1 atom stereocenters. The molecule has 0 aromatic heterocycles. The van der Waals surface area contributed by atoms with Crippen molar-refractivity contribution in [3.63, 3.8) is 0 Å². The van der Waals surface area contributed by atoms with E-state index in [-0.39, 0.29) is 0 Å². The molecule has 0 aliphatic heterocycles. The molecule has 0 aromatic carbocycles. The van der Waals surface area contributed by atoms with Crippen molar-refractivity contribution >= 4 is 0 Å². The first kappa shape index (κ1) is 20.0. The summed E-state index contributed by atoms with van der Waals surface area (Å²) in [5.74, 6) is 3.14. The van der Waals surface area contributed by atoms with Crippen LogP contribution in [0.25, 0.3) is 0 Å². The topological polar surface area (TPSA) is 52.0 Å². The molecule has 0 saturated heterocycles. The smallest absolute Gasteiger partial charge is 0.0639 e. The van der Waals surface area contributed by atoms with Crippen LogP contribution in [0.1, 0.15) is 71.6 Å². The van der Waals surface area contributed by atoms with Crippen LogP contribution in [-0.4, -0.2) is 5.66 Å². The summed E-state index contributed by atoms with van der Waals surface area (Å²) in [6.45, 7) is 4.42. The second kappa shape index (κ2) is 12.7. The lowest BCUT2D eigenvalue weighted by molar-refractivity contribution is 0.313. The Kier molecular flexibility index (Phi) is 12.1. The van der Waals surface area contributed by atoms with E-state index in [2.05, 4.69) is 44.1 Å². The summed E-state index contributed by atoms with van der Waals surface area (Å²) >= 11 is 0. The Morgan fingerprint density at radius 3 is 2.52 bits per heavy atom. The van der Waals surface area contributed by atoms with Gasteiger partial charge in [-0.15, -0.1) is 12.3 Å². The fourth-order valence-corrected chi connectivity index (χ4v) is 2.39. The van der Waals surface area contributed by atoms with Crippen molar-refractivity contribution in [2.24, 2.45) is 17.4 Å². The Balaban J connectivity index is 3.80. The predicted octanol–water partition coefficient (Wildman–Crippen LogP) is 4.51. The Labute approximate surface area is 132 Å². The normalized spacial score (nSPS) is 13.9. The molecule has 0 aliphatic rings. The van der Waals surface area contributed by atoms with Gasteiger partial charge < -0.3 is 11.5 Å². The number of terminal acetylenes is 1. The van der Waals surface area contributed by atoms with Crippen LogP contribution in [0.2, 0.25) is 0 Å². The molecule has 0 saturated carbocycles. The fraction of sp³-hybridized carbons (Fsp3) is 0.684. The SMILES string of the molecule is C#CCCCC(N)(N)CC(C)C/C=C\C/C=C\CCCC. The Hall–Kier alpha value is -1.04. The minimum absolute atomic E-state index is 0.506. The predicted molar refractivity (Wildman–Crippen MR) is 94.6 cm³/mol. The summed E-state index contributed by atoms with van der Waals surface area (Å²) in [5.41, 5.74) is 11.7. The molecule has 0 heterocycles. The van der Waals surface area contributed by atoms with Gasteiger partial charge in [0.25, 0.3) is 0 Å². The molecule has 0 spiro atoms. The minimum Gasteiger partial charge on any atom is -0.313 e. The van der Waals surface area contributed by atoms with Crippen LogP contribution in [0.3, 0.4) is 0 Å². The van der Waals surface area contributed by atoms with E-state index in [1.807, 2.05) is 0 Å². The van der Waals surface area contributed by atoms with Gasteiger partial charge in [-0.3, -0.25) is 0 Å². The Morgan fingerprint density at radius 1 is 1.14 bits per heavy atom. The lowest BCUT2D eigenvalue weighted by Gasteiger charge is -2.27. The molecule has 2 nitrogen and oxygen atoms in total. The van der Waals surface area contributed by atoms with Crippen LogP contribution in [0, 0.1) is 18.3 Å². The maximum Gasteiger partial charge on any atom is 0.0639 e. The first-order valence-electron chi connectivity index (χ1n) is 8.33. The van der Waals surface area contributed by atoms with Gasteiger partial charge in [0.15, 0.2) is 0 Å². The van der Waals surface area contributed by atoms with E-state index in [1.165, 1.54) is 19.3 Å². The van der Waals surface area contributed by atoms with Crippen molar-refractivity contribution in [3.8, 4) is 12.3 Å². The summed E-state index contributed by atoms with van der Waals surface area (Å²) in [5, 5.41) is 0. The number of rotatable bonds is 12. The summed E-state index contributed by atoms with van der Waals surface area (Å²) in [4.78, 5) is 0. The van der Waals surface area contributed by atoms with Gasteiger partial charge in [0.2, 0.25) is 0 Å². The van der Waals surface area contributed by atoms with Gasteiger partial charge in [-0.25, -0.2) is 0 Å². The van der Waals surface area contributed by atoms with Crippen molar-refractivity contribution in [1.29, 1.82) is 0 Å². The molecular formula is C19H34N2. The van der Waals surface area contributed by atoms with Gasteiger partial charge in [-0.05, 0) is 44.4 Å². The molecule has 0 bridgehead atoms. The third-order valence-electron chi connectivity index (χ3n) is 3.56. The third-order valence-corrected chi connectivity index (χ3v) is 3.56. The molecular weight excluding hydrogens is 256 g/mol.